The normalized spacial score (nSPS) is 15.9. The highest BCUT2D eigenvalue weighted by atomic mass is 16.3. The number of aliphatic hydroxyl groups is 1. The average molecular weight is 261 g/mol. The number of rotatable bonds is 5. The molecule has 0 radical (unpaired) electrons. The summed E-state index contributed by atoms with van der Waals surface area (Å²) in [6.07, 6.45) is 1.50. The van der Waals surface area contributed by atoms with Crippen molar-refractivity contribution in [1.82, 2.24) is 4.90 Å². The number of amides is 1. The van der Waals surface area contributed by atoms with E-state index in [4.69, 9.17) is 0 Å². The molecule has 1 aromatic carbocycles. The molecule has 0 saturated heterocycles. The van der Waals surface area contributed by atoms with Gasteiger partial charge in [0.2, 0.25) is 5.78 Å². The molecule has 0 aromatic heterocycles. The number of carbonyl (C=O) groups excluding carboxylic acids is 2. The van der Waals surface area contributed by atoms with Crippen LogP contribution in [0.2, 0.25) is 0 Å². The van der Waals surface area contributed by atoms with E-state index in [0.717, 1.165) is 18.4 Å². The van der Waals surface area contributed by atoms with Crippen molar-refractivity contribution in [1.29, 1.82) is 0 Å². The van der Waals surface area contributed by atoms with E-state index in [2.05, 4.69) is 0 Å². The lowest BCUT2D eigenvalue weighted by Gasteiger charge is -2.20. The summed E-state index contributed by atoms with van der Waals surface area (Å²) in [6.45, 7) is 2.15. The summed E-state index contributed by atoms with van der Waals surface area (Å²) in [7, 11) is 1.56. The lowest BCUT2D eigenvalue weighted by atomic mass is 10.1. The first kappa shape index (κ1) is 13.7. The quantitative estimate of drug-likeness (QED) is 0.644. The van der Waals surface area contributed by atoms with E-state index >= 15 is 0 Å². The Bertz CT molecular complexity index is 477. The van der Waals surface area contributed by atoms with Crippen LogP contribution in [0.3, 0.4) is 0 Å². The molecule has 1 N–H and O–H groups in total. The molecule has 4 heteroatoms. The fourth-order valence-corrected chi connectivity index (χ4v) is 2.00. The lowest BCUT2D eigenvalue weighted by molar-refractivity contribution is -0.126. The second-order valence-corrected chi connectivity index (χ2v) is 5.29. The maximum absolute atomic E-state index is 12.0. The van der Waals surface area contributed by atoms with Crippen LogP contribution >= 0.6 is 0 Å². The summed E-state index contributed by atoms with van der Waals surface area (Å²) in [4.78, 5) is 25.3. The van der Waals surface area contributed by atoms with Gasteiger partial charge in [0.05, 0.1) is 6.10 Å². The largest absolute Gasteiger partial charge is 0.391 e. The van der Waals surface area contributed by atoms with Crippen LogP contribution < -0.4 is 0 Å². The topological polar surface area (TPSA) is 57.6 Å². The number of ketones is 1. The van der Waals surface area contributed by atoms with Gasteiger partial charge >= 0.3 is 0 Å². The summed E-state index contributed by atoms with van der Waals surface area (Å²) >= 11 is 0. The van der Waals surface area contributed by atoms with Gasteiger partial charge < -0.3 is 10.0 Å². The fourth-order valence-electron chi connectivity index (χ4n) is 2.00. The number of hydrogen-bond donors (Lipinski definition) is 1. The molecule has 1 atom stereocenters. The van der Waals surface area contributed by atoms with Gasteiger partial charge in [-0.15, -0.1) is 0 Å². The number of likely N-dealkylation sites (N-methyl/N-ethyl adjacent to an activating group) is 1. The molecule has 0 aliphatic heterocycles. The Hall–Kier alpha value is -1.68. The van der Waals surface area contributed by atoms with Gasteiger partial charge in [-0.1, -0.05) is 29.8 Å². The van der Waals surface area contributed by atoms with Gasteiger partial charge in [-0.05, 0) is 25.7 Å². The van der Waals surface area contributed by atoms with E-state index in [1.807, 2.05) is 6.92 Å². The van der Waals surface area contributed by atoms with E-state index in [1.165, 1.54) is 4.90 Å². The zero-order valence-electron chi connectivity index (χ0n) is 11.3. The Kier molecular flexibility index (Phi) is 4.00. The van der Waals surface area contributed by atoms with Gasteiger partial charge in [0, 0.05) is 19.2 Å². The smallest absolute Gasteiger partial charge is 0.294 e. The Morgan fingerprint density at radius 1 is 1.32 bits per heavy atom. The first-order chi connectivity index (χ1) is 8.99. The van der Waals surface area contributed by atoms with Crippen molar-refractivity contribution in [2.24, 2.45) is 5.92 Å². The van der Waals surface area contributed by atoms with Crippen molar-refractivity contribution >= 4 is 11.7 Å². The molecule has 19 heavy (non-hydrogen) atoms. The van der Waals surface area contributed by atoms with Crippen LogP contribution in [-0.4, -0.2) is 41.4 Å². The molecule has 0 bridgehead atoms. The zero-order valence-corrected chi connectivity index (χ0v) is 11.3. The van der Waals surface area contributed by atoms with Gasteiger partial charge in [-0.2, -0.15) is 0 Å². The minimum absolute atomic E-state index is 0.223. The maximum atomic E-state index is 12.0. The standard InChI is InChI=1S/C15H19NO3/c1-10-3-5-12(6-4-10)14(18)15(19)16(2)9-13(17)11-7-8-11/h3-6,11,13,17H,7-9H2,1-2H3. The van der Waals surface area contributed by atoms with Crippen molar-refractivity contribution < 1.29 is 14.7 Å². The molecule has 0 heterocycles. The SMILES string of the molecule is Cc1ccc(C(=O)C(=O)N(C)CC(O)C2CC2)cc1. The summed E-state index contributed by atoms with van der Waals surface area (Å²) in [5.41, 5.74) is 1.44. The number of Topliss-reactive ketones (excluding diaryl/α,β-unsaturated/α-hetero) is 1. The maximum Gasteiger partial charge on any atom is 0.294 e. The van der Waals surface area contributed by atoms with Gasteiger partial charge in [0.1, 0.15) is 0 Å². The number of hydrogen-bond acceptors (Lipinski definition) is 3. The molecule has 1 saturated carbocycles. The Morgan fingerprint density at radius 2 is 1.89 bits per heavy atom. The van der Waals surface area contributed by atoms with Crippen molar-refractivity contribution in [2.45, 2.75) is 25.9 Å². The van der Waals surface area contributed by atoms with E-state index in [-0.39, 0.29) is 6.54 Å². The summed E-state index contributed by atoms with van der Waals surface area (Å²) in [5.74, 6) is -0.793. The van der Waals surface area contributed by atoms with E-state index in [9.17, 15) is 14.7 Å². The monoisotopic (exact) mass is 261 g/mol. The fraction of sp³-hybridized carbons (Fsp3) is 0.467. The van der Waals surface area contributed by atoms with Gasteiger partial charge in [0.25, 0.3) is 5.91 Å². The minimum atomic E-state index is -0.566. The van der Waals surface area contributed by atoms with Crippen LogP contribution in [0.25, 0.3) is 0 Å². The summed E-state index contributed by atoms with van der Waals surface area (Å²) in [5, 5.41) is 9.79. The zero-order chi connectivity index (χ0) is 14.0. The highest BCUT2D eigenvalue weighted by Crippen LogP contribution is 2.32. The predicted octanol–water partition coefficient (Wildman–Crippen LogP) is 1.41. The average Bonchev–Trinajstić information content (AvgIpc) is 3.22. The van der Waals surface area contributed by atoms with E-state index < -0.39 is 17.8 Å². The number of aryl methyl sites for hydroxylation is 1. The number of benzene rings is 1. The molecule has 1 aliphatic rings. The molecule has 1 unspecified atom stereocenters. The predicted molar refractivity (Wildman–Crippen MR) is 71.9 cm³/mol. The van der Waals surface area contributed by atoms with Crippen molar-refractivity contribution in [3.8, 4) is 0 Å². The molecular weight excluding hydrogens is 242 g/mol. The van der Waals surface area contributed by atoms with Crippen molar-refractivity contribution in [2.75, 3.05) is 13.6 Å². The van der Waals surface area contributed by atoms with Gasteiger partial charge in [-0.25, -0.2) is 0 Å². The summed E-state index contributed by atoms with van der Waals surface area (Å²) < 4.78 is 0. The van der Waals surface area contributed by atoms with Crippen LogP contribution in [0.15, 0.2) is 24.3 Å². The Balaban J connectivity index is 1.97. The second kappa shape index (κ2) is 5.53. The molecule has 2 rings (SSSR count). The summed E-state index contributed by atoms with van der Waals surface area (Å²) in [6, 6.07) is 6.92. The van der Waals surface area contributed by atoms with Gasteiger partial charge in [0.15, 0.2) is 0 Å². The first-order valence-electron chi connectivity index (χ1n) is 6.53. The molecule has 1 aliphatic carbocycles. The Morgan fingerprint density at radius 3 is 2.42 bits per heavy atom. The third-order valence-electron chi connectivity index (χ3n) is 3.48. The van der Waals surface area contributed by atoms with Crippen LogP contribution in [0.4, 0.5) is 0 Å². The first-order valence-corrected chi connectivity index (χ1v) is 6.53. The highest BCUT2D eigenvalue weighted by molar-refractivity contribution is 6.42. The Labute approximate surface area is 113 Å². The highest BCUT2D eigenvalue weighted by Gasteiger charge is 2.32. The van der Waals surface area contributed by atoms with Crippen molar-refractivity contribution in [3.63, 3.8) is 0 Å². The molecule has 102 valence electrons. The van der Waals surface area contributed by atoms with Crippen LogP contribution in [0.1, 0.15) is 28.8 Å². The van der Waals surface area contributed by atoms with E-state index in [1.54, 1.807) is 31.3 Å². The molecule has 1 amide bonds. The molecular formula is C15H19NO3. The van der Waals surface area contributed by atoms with E-state index in [0.29, 0.717) is 11.5 Å². The lowest BCUT2D eigenvalue weighted by Crippen LogP contribution is -2.39. The van der Waals surface area contributed by atoms with Crippen LogP contribution in [0.5, 0.6) is 0 Å². The second-order valence-electron chi connectivity index (χ2n) is 5.29. The molecule has 1 aromatic rings. The van der Waals surface area contributed by atoms with Crippen LogP contribution in [-0.2, 0) is 4.79 Å². The number of nitrogens with zero attached hydrogens (tertiary/aromatic N) is 1. The van der Waals surface area contributed by atoms with Crippen LogP contribution in [0, 0.1) is 12.8 Å². The van der Waals surface area contributed by atoms with Gasteiger partial charge in [-0.3, -0.25) is 9.59 Å². The molecule has 1 fully saturated rings. The third kappa shape index (κ3) is 3.41. The molecule has 4 nitrogen and oxygen atoms in total. The molecule has 0 spiro atoms. The van der Waals surface area contributed by atoms with Crippen molar-refractivity contribution in [3.05, 3.63) is 35.4 Å². The number of aliphatic hydroxyl groups excluding tert-OH is 1. The third-order valence-corrected chi connectivity index (χ3v) is 3.48. The minimum Gasteiger partial charge on any atom is -0.391 e. The number of carbonyl (C=O) groups is 2.